The Bertz CT molecular complexity index is 493. The van der Waals surface area contributed by atoms with Crippen molar-refractivity contribution in [1.29, 1.82) is 0 Å². The van der Waals surface area contributed by atoms with Crippen LogP contribution >= 0.6 is 11.8 Å². The summed E-state index contributed by atoms with van der Waals surface area (Å²) in [5.74, 6) is -2.56. The van der Waals surface area contributed by atoms with Gasteiger partial charge in [-0.2, -0.15) is 11.8 Å². The van der Waals surface area contributed by atoms with E-state index in [1.165, 1.54) is 7.11 Å². The standard InChI is InChI=1S/C16H27NO5S/c1-9-12(15(20)22-8-7-21-5)10(2)17-16(4,11(3)23-6)13(9)14(18)19/h9,11,13,17H,7-8H2,1-6H3,(H,18,19). The number of allylic oxidation sites excluding steroid dienone is 1. The first-order valence-corrected chi connectivity index (χ1v) is 8.90. The van der Waals surface area contributed by atoms with Gasteiger partial charge in [-0.05, 0) is 20.1 Å². The second kappa shape index (κ2) is 8.06. The number of carbonyl (C=O) groups excluding carboxylic acids is 1. The van der Waals surface area contributed by atoms with Gasteiger partial charge in [0.05, 0.1) is 23.6 Å². The molecule has 1 aliphatic rings. The first-order chi connectivity index (χ1) is 10.7. The monoisotopic (exact) mass is 345 g/mol. The molecule has 4 atom stereocenters. The number of esters is 1. The number of rotatable bonds is 7. The molecule has 1 rings (SSSR count). The summed E-state index contributed by atoms with van der Waals surface area (Å²) in [6, 6.07) is 0. The van der Waals surface area contributed by atoms with Crippen LogP contribution in [0.2, 0.25) is 0 Å². The number of ether oxygens (including phenoxy) is 2. The van der Waals surface area contributed by atoms with Crippen molar-refractivity contribution in [2.45, 2.75) is 38.5 Å². The van der Waals surface area contributed by atoms with Crippen molar-refractivity contribution in [2.24, 2.45) is 11.8 Å². The molecule has 0 saturated carbocycles. The number of thioether (sulfide) groups is 1. The highest BCUT2D eigenvalue weighted by Crippen LogP contribution is 2.41. The molecular formula is C16H27NO5S. The van der Waals surface area contributed by atoms with Crippen LogP contribution in [0.4, 0.5) is 0 Å². The van der Waals surface area contributed by atoms with Gasteiger partial charge in [0, 0.05) is 24.0 Å². The van der Waals surface area contributed by atoms with Crippen molar-refractivity contribution >= 4 is 23.7 Å². The molecule has 0 saturated heterocycles. The largest absolute Gasteiger partial charge is 0.481 e. The van der Waals surface area contributed by atoms with Crippen LogP contribution in [-0.4, -0.2) is 54.4 Å². The average Bonchev–Trinajstić information content (AvgIpc) is 2.45. The molecule has 132 valence electrons. The van der Waals surface area contributed by atoms with Gasteiger partial charge in [-0.3, -0.25) is 4.79 Å². The smallest absolute Gasteiger partial charge is 0.336 e. The van der Waals surface area contributed by atoms with Crippen LogP contribution in [0.5, 0.6) is 0 Å². The maximum Gasteiger partial charge on any atom is 0.336 e. The molecule has 23 heavy (non-hydrogen) atoms. The predicted molar refractivity (Wildman–Crippen MR) is 90.3 cm³/mol. The summed E-state index contributed by atoms with van der Waals surface area (Å²) < 4.78 is 10.1. The Labute approximate surface area is 142 Å². The number of hydrogen-bond donors (Lipinski definition) is 2. The van der Waals surface area contributed by atoms with Crippen LogP contribution in [0, 0.1) is 11.8 Å². The molecule has 0 radical (unpaired) electrons. The van der Waals surface area contributed by atoms with Crippen molar-refractivity contribution in [3.63, 3.8) is 0 Å². The molecule has 0 aromatic rings. The summed E-state index contributed by atoms with van der Waals surface area (Å²) in [4.78, 5) is 24.2. The molecule has 0 spiro atoms. The Hall–Kier alpha value is -1.21. The molecule has 0 aromatic heterocycles. The van der Waals surface area contributed by atoms with Crippen LogP contribution < -0.4 is 5.32 Å². The third-order valence-corrected chi connectivity index (χ3v) is 5.86. The maximum atomic E-state index is 12.3. The second-order valence-corrected chi connectivity index (χ2v) is 7.24. The van der Waals surface area contributed by atoms with Gasteiger partial charge in [-0.15, -0.1) is 0 Å². The fourth-order valence-electron chi connectivity index (χ4n) is 3.28. The van der Waals surface area contributed by atoms with Crippen molar-refractivity contribution in [2.75, 3.05) is 26.6 Å². The minimum atomic E-state index is -0.914. The third kappa shape index (κ3) is 4.01. The van der Waals surface area contributed by atoms with Crippen molar-refractivity contribution in [1.82, 2.24) is 5.32 Å². The van der Waals surface area contributed by atoms with Crippen LogP contribution in [-0.2, 0) is 19.1 Å². The summed E-state index contributed by atoms with van der Waals surface area (Å²) in [6.45, 7) is 7.93. The lowest BCUT2D eigenvalue weighted by atomic mass is 9.69. The number of methoxy groups -OCH3 is 1. The maximum absolute atomic E-state index is 12.3. The number of carboxylic acids is 1. The summed E-state index contributed by atoms with van der Waals surface area (Å²) in [5.41, 5.74) is 0.436. The molecule has 0 bridgehead atoms. The highest BCUT2D eigenvalue weighted by atomic mass is 32.2. The van der Waals surface area contributed by atoms with Gasteiger partial charge in [0.1, 0.15) is 6.61 Å². The van der Waals surface area contributed by atoms with E-state index in [0.717, 1.165) is 0 Å². The molecule has 0 aromatic carbocycles. The van der Waals surface area contributed by atoms with Gasteiger partial charge in [-0.25, -0.2) is 4.79 Å². The van der Waals surface area contributed by atoms with Crippen LogP contribution in [0.3, 0.4) is 0 Å². The number of aliphatic carboxylic acids is 1. The molecule has 6 nitrogen and oxygen atoms in total. The van der Waals surface area contributed by atoms with E-state index in [1.54, 1.807) is 25.6 Å². The van der Waals surface area contributed by atoms with Gasteiger partial charge in [-0.1, -0.05) is 13.8 Å². The molecule has 1 aliphatic heterocycles. The van der Waals surface area contributed by atoms with Crippen LogP contribution in [0.1, 0.15) is 27.7 Å². The van der Waals surface area contributed by atoms with Crippen molar-refractivity contribution in [3.05, 3.63) is 11.3 Å². The zero-order valence-corrected chi connectivity index (χ0v) is 15.5. The number of nitrogens with one attached hydrogen (secondary N) is 1. The SMILES string of the molecule is COCCOC(=O)C1=C(C)NC(C)(C(C)SC)C(C(=O)O)C1C. The topological polar surface area (TPSA) is 84.9 Å². The lowest BCUT2D eigenvalue weighted by Crippen LogP contribution is -2.62. The van der Waals surface area contributed by atoms with E-state index >= 15 is 0 Å². The molecule has 2 N–H and O–H groups in total. The Kier molecular flexibility index (Phi) is 6.95. The van der Waals surface area contributed by atoms with Gasteiger partial charge in [0.15, 0.2) is 0 Å². The summed E-state index contributed by atoms with van der Waals surface area (Å²) in [7, 11) is 1.53. The van der Waals surface area contributed by atoms with E-state index in [9.17, 15) is 14.7 Å². The van der Waals surface area contributed by atoms with E-state index in [2.05, 4.69) is 5.32 Å². The fourth-order valence-corrected chi connectivity index (χ4v) is 3.98. The Morgan fingerprint density at radius 1 is 1.43 bits per heavy atom. The minimum Gasteiger partial charge on any atom is -0.481 e. The molecule has 0 amide bonds. The Morgan fingerprint density at radius 2 is 2.04 bits per heavy atom. The molecule has 0 fully saturated rings. The van der Waals surface area contributed by atoms with E-state index in [4.69, 9.17) is 9.47 Å². The van der Waals surface area contributed by atoms with E-state index in [0.29, 0.717) is 17.9 Å². The first-order valence-electron chi connectivity index (χ1n) is 7.61. The lowest BCUT2D eigenvalue weighted by Gasteiger charge is -2.48. The van der Waals surface area contributed by atoms with Crippen molar-refractivity contribution in [3.8, 4) is 0 Å². The summed E-state index contributed by atoms with van der Waals surface area (Å²) in [6.07, 6.45) is 1.95. The zero-order chi connectivity index (χ0) is 17.8. The minimum absolute atomic E-state index is 0.0621. The van der Waals surface area contributed by atoms with Crippen molar-refractivity contribution < 1.29 is 24.2 Å². The average molecular weight is 345 g/mol. The second-order valence-electron chi connectivity index (χ2n) is 6.06. The third-order valence-electron chi connectivity index (χ3n) is 4.67. The summed E-state index contributed by atoms with van der Waals surface area (Å²) >= 11 is 1.60. The Morgan fingerprint density at radius 3 is 2.52 bits per heavy atom. The predicted octanol–water partition coefficient (Wildman–Crippen LogP) is 1.90. The zero-order valence-electron chi connectivity index (χ0n) is 14.6. The van der Waals surface area contributed by atoms with E-state index in [1.807, 2.05) is 20.1 Å². The lowest BCUT2D eigenvalue weighted by molar-refractivity contribution is -0.148. The normalized spacial score (nSPS) is 29.0. The van der Waals surface area contributed by atoms with Gasteiger partial charge < -0.3 is 19.9 Å². The Balaban J connectivity index is 3.17. The highest BCUT2D eigenvalue weighted by Gasteiger charge is 2.51. The van der Waals surface area contributed by atoms with Crippen LogP contribution in [0.15, 0.2) is 11.3 Å². The molecule has 4 unspecified atom stereocenters. The molecule has 1 heterocycles. The van der Waals surface area contributed by atoms with Gasteiger partial charge in [0.2, 0.25) is 0 Å². The molecule has 7 heteroatoms. The number of hydrogen-bond acceptors (Lipinski definition) is 6. The first kappa shape index (κ1) is 19.8. The highest BCUT2D eigenvalue weighted by molar-refractivity contribution is 7.99. The molecular weight excluding hydrogens is 318 g/mol. The van der Waals surface area contributed by atoms with Gasteiger partial charge >= 0.3 is 11.9 Å². The fraction of sp³-hybridized carbons (Fsp3) is 0.750. The van der Waals surface area contributed by atoms with Crippen LogP contribution in [0.25, 0.3) is 0 Å². The number of carboxylic acid groups (broad SMARTS) is 1. The van der Waals surface area contributed by atoms with E-state index < -0.39 is 29.3 Å². The summed E-state index contributed by atoms with van der Waals surface area (Å²) in [5, 5.41) is 13.1. The van der Waals surface area contributed by atoms with E-state index in [-0.39, 0.29) is 11.9 Å². The quantitative estimate of drug-likeness (QED) is 0.538. The van der Waals surface area contributed by atoms with Gasteiger partial charge in [0.25, 0.3) is 0 Å². The number of carbonyl (C=O) groups is 2. The molecule has 0 aliphatic carbocycles.